The van der Waals surface area contributed by atoms with Gasteiger partial charge in [0.25, 0.3) is 0 Å². The van der Waals surface area contributed by atoms with E-state index in [2.05, 4.69) is 38.2 Å². The predicted octanol–water partition coefficient (Wildman–Crippen LogP) is 4.35. The quantitative estimate of drug-likeness (QED) is 0.818. The second-order valence-corrected chi connectivity index (χ2v) is 5.50. The standard InChI is InChI=1S/C16H23NO/c1-12(2)8-9-13(3)17-11-15-10-14-6-4-5-7-16(14)18-15/h4-7,10,12-13,17H,8-9,11H2,1-3H3. The van der Waals surface area contributed by atoms with Crippen molar-refractivity contribution in [3.05, 3.63) is 36.1 Å². The highest BCUT2D eigenvalue weighted by atomic mass is 16.3. The third-order valence-corrected chi connectivity index (χ3v) is 3.28. The maximum Gasteiger partial charge on any atom is 0.134 e. The van der Waals surface area contributed by atoms with Crippen molar-refractivity contribution >= 4 is 11.0 Å². The van der Waals surface area contributed by atoms with Gasteiger partial charge in [0, 0.05) is 11.4 Å². The fraction of sp³-hybridized carbons (Fsp3) is 0.500. The molecule has 1 unspecified atom stereocenters. The Bertz CT molecular complexity index is 454. The minimum atomic E-state index is 0.542. The molecule has 1 aromatic heterocycles. The monoisotopic (exact) mass is 245 g/mol. The van der Waals surface area contributed by atoms with Gasteiger partial charge in [0.05, 0.1) is 6.54 Å². The first-order valence-corrected chi connectivity index (χ1v) is 6.86. The van der Waals surface area contributed by atoms with Crippen LogP contribution in [-0.4, -0.2) is 6.04 Å². The number of furan rings is 1. The van der Waals surface area contributed by atoms with E-state index < -0.39 is 0 Å². The molecule has 0 spiro atoms. The Labute approximate surface area is 109 Å². The lowest BCUT2D eigenvalue weighted by Gasteiger charge is -2.13. The minimum absolute atomic E-state index is 0.542. The van der Waals surface area contributed by atoms with Crippen molar-refractivity contribution in [2.75, 3.05) is 0 Å². The molecule has 0 saturated carbocycles. The maximum absolute atomic E-state index is 5.78. The molecular weight excluding hydrogens is 222 g/mol. The van der Waals surface area contributed by atoms with Crippen LogP contribution >= 0.6 is 0 Å². The van der Waals surface area contributed by atoms with Gasteiger partial charge in [-0.15, -0.1) is 0 Å². The lowest BCUT2D eigenvalue weighted by molar-refractivity contribution is 0.426. The Morgan fingerprint density at radius 3 is 2.61 bits per heavy atom. The number of para-hydroxylation sites is 1. The summed E-state index contributed by atoms with van der Waals surface area (Å²) < 4.78 is 5.78. The summed E-state index contributed by atoms with van der Waals surface area (Å²) in [7, 11) is 0. The van der Waals surface area contributed by atoms with Gasteiger partial charge in [-0.2, -0.15) is 0 Å². The molecule has 2 aromatic rings. The van der Waals surface area contributed by atoms with Crippen molar-refractivity contribution < 1.29 is 4.42 Å². The van der Waals surface area contributed by atoms with Crippen molar-refractivity contribution in [3.8, 4) is 0 Å². The zero-order valence-electron chi connectivity index (χ0n) is 11.6. The first kappa shape index (κ1) is 13.2. The van der Waals surface area contributed by atoms with Gasteiger partial charge in [0.1, 0.15) is 11.3 Å². The molecule has 0 aliphatic heterocycles. The molecule has 1 aromatic carbocycles. The summed E-state index contributed by atoms with van der Waals surface area (Å²) in [6.07, 6.45) is 2.49. The summed E-state index contributed by atoms with van der Waals surface area (Å²) >= 11 is 0. The van der Waals surface area contributed by atoms with E-state index in [0.29, 0.717) is 6.04 Å². The van der Waals surface area contributed by atoms with Crippen molar-refractivity contribution in [3.63, 3.8) is 0 Å². The number of rotatable bonds is 6. The normalized spacial score (nSPS) is 13.3. The average Bonchev–Trinajstić information content (AvgIpc) is 2.76. The Hall–Kier alpha value is -1.28. The molecule has 0 fully saturated rings. The second-order valence-electron chi connectivity index (χ2n) is 5.50. The van der Waals surface area contributed by atoms with E-state index in [0.717, 1.165) is 23.8 Å². The van der Waals surface area contributed by atoms with Crippen LogP contribution in [0.3, 0.4) is 0 Å². The number of fused-ring (bicyclic) bond motifs is 1. The molecule has 0 aliphatic rings. The van der Waals surface area contributed by atoms with Crippen molar-refractivity contribution in [2.45, 2.75) is 46.2 Å². The SMILES string of the molecule is CC(C)CCC(C)NCc1cc2ccccc2o1. The van der Waals surface area contributed by atoms with E-state index in [-0.39, 0.29) is 0 Å². The summed E-state index contributed by atoms with van der Waals surface area (Å²) in [6.45, 7) is 7.59. The number of benzene rings is 1. The van der Waals surface area contributed by atoms with Crippen molar-refractivity contribution in [1.82, 2.24) is 5.32 Å². The van der Waals surface area contributed by atoms with Gasteiger partial charge >= 0.3 is 0 Å². The molecule has 2 heteroatoms. The first-order valence-electron chi connectivity index (χ1n) is 6.86. The van der Waals surface area contributed by atoms with Crippen LogP contribution in [0.15, 0.2) is 34.7 Å². The molecule has 98 valence electrons. The largest absolute Gasteiger partial charge is 0.460 e. The lowest BCUT2D eigenvalue weighted by Crippen LogP contribution is -2.25. The van der Waals surface area contributed by atoms with Crippen LogP contribution in [-0.2, 0) is 6.54 Å². The van der Waals surface area contributed by atoms with Crippen LogP contribution in [0, 0.1) is 5.92 Å². The minimum Gasteiger partial charge on any atom is -0.460 e. The molecule has 2 rings (SSSR count). The predicted molar refractivity (Wildman–Crippen MR) is 76.6 cm³/mol. The van der Waals surface area contributed by atoms with Crippen LogP contribution in [0.1, 0.15) is 39.4 Å². The Morgan fingerprint density at radius 2 is 1.89 bits per heavy atom. The lowest BCUT2D eigenvalue weighted by atomic mass is 10.0. The van der Waals surface area contributed by atoms with E-state index in [9.17, 15) is 0 Å². The van der Waals surface area contributed by atoms with Crippen molar-refractivity contribution in [1.29, 1.82) is 0 Å². The summed E-state index contributed by atoms with van der Waals surface area (Å²) in [5, 5.41) is 4.71. The third kappa shape index (κ3) is 3.61. The molecule has 1 N–H and O–H groups in total. The fourth-order valence-corrected chi connectivity index (χ4v) is 2.08. The van der Waals surface area contributed by atoms with Crippen LogP contribution < -0.4 is 5.32 Å². The molecule has 2 nitrogen and oxygen atoms in total. The zero-order valence-corrected chi connectivity index (χ0v) is 11.6. The van der Waals surface area contributed by atoms with Gasteiger partial charge in [0.2, 0.25) is 0 Å². The van der Waals surface area contributed by atoms with E-state index in [1.165, 1.54) is 18.2 Å². The van der Waals surface area contributed by atoms with Gasteiger partial charge in [-0.25, -0.2) is 0 Å². The average molecular weight is 245 g/mol. The van der Waals surface area contributed by atoms with E-state index >= 15 is 0 Å². The molecule has 1 heterocycles. The first-order chi connectivity index (χ1) is 8.65. The molecule has 0 bridgehead atoms. The van der Waals surface area contributed by atoms with E-state index in [1.807, 2.05) is 18.2 Å². The highest BCUT2D eigenvalue weighted by molar-refractivity contribution is 5.77. The summed E-state index contributed by atoms with van der Waals surface area (Å²) in [5.74, 6) is 1.80. The molecule has 18 heavy (non-hydrogen) atoms. The van der Waals surface area contributed by atoms with E-state index in [1.54, 1.807) is 0 Å². The van der Waals surface area contributed by atoms with Crippen LogP contribution in [0.2, 0.25) is 0 Å². The highest BCUT2D eigenvalue weighted by Crippen LogP contribution is 2.18. The van der Waals surface area contributed by atoms with Crippen LogP contribution in [0.25, 0.3) is 11.0 Å². The van der Waals surface area contributed by atoms with Crippen LogP contribution in [0.5, 0.6) is 0 Å². The Kier molecular flexibility index (Phi) is 4.43. The molecule has 1 atom stereocenters. The third-order valence-electron chi connectivity index (χ3n) is 3.28. The Balaban J connectivity index is 1.86. The van der Waals surface area contributed by atoms with E-state index in [4.69, 9.17) is 4.42 Å². The number of hydrogen-bond donors (Lipinski definition) is 1. The molecule has 0 saturated heterocycles. The van der Waals surface area contributed by atoms with Crippen LogP contribution in [0.4, 0.5) is 0 Å². The topological polar surface area (TPSA) is 25.2 Å². The molecular formula is C16H23NO. The number of hydrogen-bond acceptors (Lipinski definition) is 2. The second kappa shape index (κ2) is 6.05. The Morgan fingerprint density at radius 1 is 1.11 bits per heavy atom. The van der Waals surface area contributed by atoms with Gasteiger partial charge in [0.15, 0.2) is 0 Å². The zero-order chi connectivity index (χ0) is 13.0. The summed E-state index contributed by atoms with van der Waals surface area (Å²) in [4.78, 5) is 0. The number of nitrogens with one attached hydrogen (secondary N) is 1. The summed E-state index contributed by atoms with van der Waals surface area (Å²) in [6, 6.07) is 10.8. The van der Waals surface area contributed by atoms with Gasteiger partial charge in [-0.3, -0.25) is 0 Å². The fourth-order valence-electron chi connectivity index (χ4n) is 2.08. The highest BCUT2D eigenvalue weighted by Gasteiger charge is 2.06. The van der Waals surface area contributed by atoms with Gasteiger partial charge in [-0.05, 0) is 37.8 Å². The summed E-state index contributed by atoms with van der Waals surface area (Å²) in [5.41, 5.74) is 0.976. The maximum atomic E-state index is 5.78. The van der Waals surface area contributed by atoms with Gasteiger partial charge < -0.3 is 9.73 Å². The molecule has 0 aliphatic carbocycles. The van der Waals surface area contributed by atoms with Crippen molar-refractivity contribution in [2.24, 2.45) is 5.92 Å². The van der Waals surface area contributed by atoms with Gasteiger partial charge in [-0.1, -0.05) is 32.0 Å². The smallest absolute Gasteiger partial charge is 0.134 e. The molecule has 0 radical (unpaired) electrons. The molecule has 0 amide bonds.